The molecule has 0 saturated carbocycles. The van der Waals surface area contributed by atoms with Crippen molar-refractivity contribution in [1.29, 1.82) is 0 Å². The lowest BCUT2D eigenvalue weighted by Gasteiger charge is -2.08. The van der Waals surface area contributed by atoms with Gasteiger partial charge in [0.2, 0.25) is 5.91 Å². The summed E-state index contributed by atoms with van der Waals surface area (Å²) in [6.45, 7) is 1.24. The third-order valence-corrected chi connectivity index (χ3v) is 2.31. The van der Waals surface area contributed by atoms with E-state index in [0.717, 1.165) is 12.0 Å². The Kier molecular flexibility index (Phi) is 4.91. The molecule has 0 heterocycles. The van der Waals surface area contributed by atoms with Crippen LogP contribution >= 0.6 is 0 Å². The smallest absolute Gasteiger partial charge is 0.339 e. The molecular weight excluding hydrogens is 261 g/mol. The predicted molar refractivity (Wildman–Crippen MR) is 63.5 cm³/mol. The summed E-state index contributed by atoms with van der Waals surface area (Å²) in [5.41, 5.74) is 1.53. The molecule has 0 aliphatic carbocycles. The molecule has 0 aromatic heterocycles. The van der Waals surface area contributed by atoms with Crippen LogP contribution in [0.3, 0.4) is 0 Å². The van der Waals surface area contributed by atoms with E-state index in [2.05, 4.69) is 5.32 Å². The van der Waals surface area contributed by atoms with Crippen molar-refractivity contribution in [2.24, 2.45) is 0 Å². The van der Waals surface area contributed by atoms with Crippen LogP contribution in [0.1, 0.15) is 12.5 Å². The Labute approximate surface area is 108 Å². The van der Waals surface area contributed by atoms with Crippen LogP contribution in [0.4, 0.5) is 18.9 Å². The van der Waals surface area contributed by atoms with Gasteiger partial charge >= 0.3 is 12.1 Å². The molecule has 0 aliphatic heterocycles. The third-order valence-electron chi connectivity index (χ3n) is 2.31. The Balaban J connectivity index is 2.45. The number of hydrogen-bond acceptors (Lipinski definition) is 2. The first-order chi connectivity index (χ1) is 8.82. The highest BCUT2D eigenvalue weighted by atomic mass is 19.4. The van der Waals surface area contributed by atoms with E-state index in [1.807, 2.05) is 6.92 Å². The summed E-state index contributed by atoms with van der Waals surface area (Å²) >= 11 is 0. The van der Waals surface area contributed by atoms with Crippen molar-refractivity contribution in [3.05, 3.63) is 29.8 Å². The van der Waals surface area contributed by atoms with Gasteiger partial charge in [0.25, 0.3) is 0 Å². The van der Waals surface area contributed by atoms with Crippen molar-refractivity contribution < 1.29 is 22.8 Å². The third kappa shape index (κ3) is 4.99. The average molecular weight is 274 g/mol. The van der Waals surface area contributed by atoms with E-state index in [1.165, 1.54) is 5.32 Å². The molecular formula is C12H13F3N2O2. The van der Waals surface area contributed by atoms with E-state index in [1.54, 1.807) is 24.3 Å². The number of rotatable bonds is 4. The maximum atomic E-state index is 11.9. The normalized spacial score (nSPS) is 10.9. The molecule has 0 bridgehead atoms. The Morgan fingerprint density at radius 1 is 1.16 bits per heavy atom. The second-order valence-electron chi connectivity index (χ2n) is 3.78. The molecule has 0 atom stereocenters. The number of alkyl halides is 3. The first kappa shape index (κ1) is 15.0. The van der Waals surface area contributed by atoms with Crippen molar-refractivity contribution in [2.45, 2.75) is 19.5 Å². The van der Waals surface area contributed by atoms with E-state index < -0.39 is 24.5 Å². The van der Waals surface area contributed by atoms with E-state index in [0.29, 0.717) is 5.69 Å². The molecule has 2 amide bonds. The highest BCUT2D eigenvalue weighted by molar-refractivity contribution is 5.95. The minimum atomic E-state index is -4.98. The summed E-state index contributed by atoms with van der Waals surface area (Å²) in [5, 5.41) is 3.87. The summed E-state index contributed by atoms with van der Waals surface area (Å²) in [6, 6.07) is 6.87. The number of amides is 2. The average Bonchev–Trinajstić information content (AvgIpc) is 2.35. The number of anilines is 1. The molecule has 0 spiro atoms. The number of carbonyl (C=O) groups excluding carboxylic acids is 2. The summed E-state index contributed by atoms with van der Waals surface area (Å²) in [4.78, 5) is 21.8. The topological polar surface area (TPSA) is 58.2 Å². The minimum Gasteiger partial charge on any atom is -0.339 e. The minimum absolute atomic E-state index is 0.462. The summed E-state index contributed by atoms with van der Waals surface area (Å²) in [6.07, 6.45) is -4.14. The first-order valence-corrected chi connectivity index (χ1v) is 5.56. The number of aryl methyl sites for hydroxylation is 1. The van der Waals surface area contributed by atoms with E-state index in [4.69, 9.17) is 0 Å². The second-order valence-corrected chi connectivity index (χ2v) is 3.78. The van der Waals surface area contributed by atoms with Crippen LogP contribution in [0.5, 0.6) is 0 Å². The maximum absolute atomic E-state index is 11.9. The largest absolute Gasteiger partial charge is 0.471 e. The van der Waals surface area contributed by atoms with Crippen molar-refractivity contribution in [1.82, 2.24) is 5.32 Å². The van der Waals surface area contributed by atoms with Gasteiger partial charge in [-0.2, -0.15) is 13.2 Å². The SMILES string of the molecule is CCc1ccc(NC(=O)CNC(=O)C(F)(F)F)cc1. The fourth-order valence-corrected chi connectivity index (χ4v) is 1.29. The van der Waals surface area contributed by atoms with Crippen LogP contribution in [0.15, 0.2) is 24.3 Å². The molecule has 0 radical (unpaired) electrons. The van der Waals surface area contributed by atoms with Gasteiger partial charge in [-0.15, -0.1) is 0 Å². The molecule has 0 unspecified atom stereocenters. The number of carbonyl (C=O) groups is 2. The fraction of sp³-hybridized carbons (Fsp3) is 0.333. The number of benzene rings is 1. The van der Waals surface area contributed by atoms with Gasteiger partial charge in [0.05, 0.1) is 6.54 Å². The molecule has 19 heavy (non-hydrogen) atoms. The lowest BCUT2D eigenvalue weighted by Crippen LogP contribution is -2.41. The molecule has 4 nitrogen and oxygen atoms in total. The van der Waals surface area contributed by atoms with Crippen LogP contribution in [0.25, 0.3) is 0 Å². The van der Waals surface area contributed by atoms with Gasteiger partial charge in [-0.05, 0) is 24.1 Å². The molecule has 0 aliphatic rings. The van der Waals surface area contributed by atoms with Crippen LogP contribution in [0.2, 0.25) is 0 Å². The van der Waals surface area contributed by atoms with Crippen LogP contribution in [0, 0.1) is 0 Å². The Hall–Kier alpha value is -2.05. The number of halogens is 3. The van der Waals surface area contributed by atoms with Gasteiger partial charge in [-0.3, -0.25) is 9.59 Å². The number of nitrogens with one attached hydrogen (secondary N) is 2. The van der Waals surface area contributed by atoms with Gasteiger partial charge in [0.1, 0.15) is 0 Å². The van der Waals surface area contributed by atoms with Crippen LogP contribution in [-0.2, 0) is 16.0 Å². The Morgan fingerprint density at radius 3 is 2.21 bits per heavy atom. The summed E-state index contributed by atoms with van der Waals surface area (Å²) in [5.74, 6) is -2.86. The van der Waals surface area contributed by atoms with E-state index in [9.17, 15) is 22.8 Å². The second kappa shape index (κ2) is 6.21. The van der Waals surface area contributed by atoms with Gasteiger partial charge < -0.3 is 10.6 Å². The predicted octanol–water partition coefficient (Wildman–Crippen LogP) is 1.87. The van der Waals surface area contributed by atoms with Gasteiger partial charge in [-0.25, -0.2) is 0 Å². The zero-order valence-electron chi connectivity index (χ0n) is 10.2. The highest BCUT2D eigenvalue weighted by Gasteiger charge is 2.38. The highest BCUT2D eigenvalue weighted by Crippen LogP contribution is 2.14. The molecule has 104 valence electrons. The molecule has 1 rings (SSSR count). The van der Waals surface area contributed by atoms with Crippen LogP contribution in [-0.4, -0.2) is 24.5 Å². The Bertz CT molecular complexity index is 455. The molecule has 1 aromatic carbocycles. The lowest BCUT2D eigenvalue weighted by atomic mass is 10.1. The van der Waals surface area contributed by atoms with Crippen molar-refractivity contribution in [3.8, 4) is 0 Å². The Morgan fingerprint density at radius 2 is 1.74 bits per heavy atom. The van der Waals surface area contributed by atoms with Gasteiger partial charge in [-0.1, -0.05) is 19.1 Å². The molecule has 1 aromatic rings. The quantitative estimate of drug-likeness (QED) is 0.880. The zero-order valence-corrected chi connectivity index (χ0v) is 10.2. The van der Waals surface area contributed by atoms with E-state index >= 15 is 0 Å². The monoisotopic (exact) mass is 274 g/mol. The van der Waals surface area contributed by atoms with Crippen molar-refractivity contribution >= 4 is 17.5 Å². The first-order valence-electron chi connectivity index (χ1n) is 5.56. The molecule has 7 heteroatoms. The van der Waals surface area contributed by atoms with Crippen molar-refractivity contribution in [2.75, 3.05) is 11.9 Å². The molecule has 0 saturated heterocycles. The molecule has 2 N–H and O–H groups in total. The van der Waals surface area contributed by atoms with Crippen molar-refractivity contribution in [3.63, 3.8) is 0 Å². The number of hydrogen-bond donors (Lipinski definition) is 2. The van der Waals surface area contributed by atoms with E-state index in [-0.39, 0.29) is 0 Å². The maximum Gasteiger partial charge on any atom is 0.471 e. The van der Waals surface area contributed by atoms with Crippen LogP contribution < -0.4 is 10.6 Å². The standard InChI is InChI=1S/C12H13F3N2O2/c1-2-8-3-5-9(6-4-8)17-10(18)7-16-11(19)12(13,14)15/h3-6H,2,7H2,1H3,(H,16,19)(H,17,18). The fourth-order valence-electron chi connectivity index (χ4n) is 1.29. The zero-order chi connectivity index (χ0) is 14.5. The molecule has 0 fully saturated rings. The lowest BCUT2D eigenvalue weighted by molar-refractivity contribution is -0.173. The summed E-state index contributed by atoms with van der Waals surface area (Å²) < 4.78 is 35.6. The van der Waals surface area contributed by atoms with Gasteiger partial charge in [0, 0.05) is 5.69 Å². The summed E-state index contributed by atoms with van der Waals surface area (Å²) in [7, 11) is 0. The van der Waals surface area contributed by atoms with Gasteiger partial charge in [0.15, 0.2) is 0 Å².